The maximum absolute atomic E-state index is 10.8. The largest absolute Gasteiger partial charge is 0.366 e. The lowest BCUT2D eigenvalue weighted by molar-refractivity contribution is 0.0997. The molecule has 0 fully saturated rings. The second-order valence-corrected chi connectivity index (χ2v) is 3.28. The van der Waals surface area contributed by atoms with Crippen LogP contribution in [0, 0.1) is 6.92 Å². The third-order valence-electron chi connectivity index (χ3n) is 1.57. The van der Waals surface area contributed by atoms with Crippen LogP contribution in [0.15, 0.2) is 17.0 Å². The lowest BCUT2D eigenvalue weighted by Crippen LogP contribution is -2.12. The molecular formula is C8H8ClNOS. The van der Waals surface area contributed by atoms with Crippen LogP contribution in [-0.2, 0) is 0 Å². The number of primary amides is 1. The van der Waals surface area contributed by atoms with E-state index in [2.05, 4.69) is 12.6 Å². The normalized spacial score (nSPS) is 9.92. The molecule has 1 amide bonds. The summed E-state index contributed by atoms with van der Waals surface area (Å²) in [6.07, 6.45) is 0. The Hall–Kier alpha value is -0.670. The highest BCUT2D eigenvalue weighted by molar-refractivity contribution is 7.80. The zero-order chi connectivity index (χ0) is 9.30. The van der Waals surface area contributed by atoms with Gasteiger partial charge in [0.05, 0.1) is 10.6 Å². The number of benzene rings is 1. The Bertz CT molecular complexity index is 338. The molecular weight excluding hydrogens is 194 g/mol. The van der Waals surface area contributed by atoms with E-state index >= 15 is 0 Å². The number of hydrogen-bond acceptors (Lipinski definition) is 2. The fourth-order valence-electron chi connectivity index (χ4n) is 0.864. The first-order valence-corrected chi connectivity index (χ1v) is 4.14. The molecule has 64 valence electrons. The van der Waals surface area contributed by atoms with Crippen LogP contribution >= 0.6 is 24.2 Å². The number of rotatable bonds is 1. The fourth-order valence-corrected chi connectivity index (χ4v) is 1.39. The maximum atomic E-state index is 10.8. The number of amides is 1. The number of carbonyl (C=O) groups is 1. The Morgan fingerprint density at radius 1 is 1.58 bits per heavy atom. The monoisotopic (exact) mass is 201 g/mol. The zero-order valence-electron chi connectivity index (χ0n) is 6.47. The van der Waals surface area contributed by atoms with Gasteiger partial charge in [-0.05, 0) is 18.6 Å². The molecule has 0 saturated carbocycles. The number of aryl methyl sites for hydroxylation is 1. The van der Waals surface area contributed by atoms with Crippen molar-refractivity contribution in [3.8, 4) is 0 Å². The van der Waals surface area contributed by atoms with Gasteiger partial charge in [0, 0.05) is 4.90 Å². The Labute approximate surface area is 81.1 Å². The lowest BCUT2D eigenvalue weighted by Gasteiger charge is -2.04. The third-order valence-corrected chi connectivity index (χ3v) is 2.66. The van der Waals surface area contributed by atoms with Gasteiger partial charge in [-0.25, -0.2) is 0 Å². The van der Waals surface area contributed by atoms with Gasteiger partial charge in [-0.1, -0.05) is 17.7 Å². The minimum Gasteiger partial charge on any atom is -0.366 e. The van der Waals surface area contributed by atoms with Crippen LogP contribution in [0.5, 0.6) is 0 Å². The van der Waals surface area contributed by atoms with Crippen molar-refractivity contribution in [2.75, 3.05) is 0 Å². The van der Waals surface area contributed by atoms with E-state index in [1.54, 1.807) is 12.1 Å². The van der Waals surface area contributed by atoms with Gasteiger partial charge in [0.1, 0.15) is 0 Å². The lowest BCUT2D eigenvalue weighted by atomic mass is 10.1. The Kier molecular flexibility index (Phi) is 2.65. The van der Waals surface area contributed by atoms with E-state index in [0.29, 0.717) is 15.5 Å². The molecule has 0 aliphatic rings. The molecule has 0 heterocycles. The first-order chi connectivity index (χ1) is 5.54. The van der Waals surface area contributed by atoms with Crippen molar-refractivity contribution < 1.29 is 4.79 Å². The number of hydrogen-bond donors (Lipinski definition) is 2. The van der Waals surface area contributed by atoms with Gasteiger partial charge in [-0.3, -0.25) is 4.79 Å². The summed E-state index contributed by atoms with van der Waals surface area (Å²) in [7, 11) is 0. The molecule has 0 saturated heterocycles. The molecule has 1 rings (SSSR count). The summed E-state index contributed by atoms with van der Waals surface area (Å²) in [5.41, 5.74) is 6.32. The topological polar surface area (TPSA) is 43.1 Å². The molecule has 0 aromatic heterocycles. The third kappa shape index (κ3) is 1.57. The van der Waals surface area contributed by atoms with Gasteiger partial charge in [-0.2, -0.15) is 0 Å². The van der Waals surface area contributed by atoms with Crippen molar-refractivity contribution >= 4 is 30.1 Å². The number of nitrogens with two attached hydrogens (primary N) is 1. The smallest absolute Gasteiger partial charge is 0.249 e. The van der Waals surface area contributed by atoms with Crippen molar-refractivity contribution in [2.24, 2.45) is 5.73 Å². The number of thiol groups is 1. The summed E-state index contributed by atoms with van der Waals surface area (Å²) < 4.78 is 0. The zero-order valence-corrected chi connectivity index (χ0v) is 8.12. The van der Waals surface area contributed by atoms with Gasteiger partial charge in [0.2, 0.25) is 5.91 Å². The predicted octanol–water partition coefficient (Wildman–Crippen LogP) is 2.04. The SMILES string of the molecule is Cc1ccc(C(N)=O)c(S)c1Cl. The minimum atomic E-state index is -0.512. The van der Waals surface area contributed by atoms with Crippen molar-refractivity contribution in [3.63, 3.8) is 0 Å². The van der Waals surface area contributed by atoms with E-state index in [9.17, 15) is 4.79 Å². The molecule has 0 unspecified atom stereocenters. The average Bonchev–Trinajstić information content (AvgIpc) is 2.00. The summed E-state index contributed by atoms with van der Waals surface area (Å²) >= 11 is 9.93. The molecule has 2 N–H and O–H groups in total. The predicted molar refractivity (Wildman–Crippen MR) is 52.0 cm³/mol. The Morgan fingerprint density at radius 3 is 2.67 bits per heavy atom. The maximum Gasteiger partial charge on any atom is 0.249 e. The van der Waals surface area contributed by atoms with Gasteiger partial charge < -0.3 is 5.73 Å². The van der Waals surface area contributed by atoms with Crippen LogP contribution in [0.2, 0.25) is 5.02 Å². The van der Waals surface area contributed by atoms with Crippen molar-refractivity contribution in [1.82, 2.24) is 0 Å². The quantitative estimate of drug-likeness (QED) is 0.671. The van der Waals surface area contributed by atoms with E-state index < -0.39 is 5.91 Å². The van der Waals surface area contributed by atoms with Gasteiger partial charge in [0.25, 0.3) is 0 Å². The second-order valence-electron chi connectivity index (χ2n) is 2.46. The molecule has 1 aromatic carbocycles. The average molecular weight is 202 g/mol. The van der Waals surface area contributed by atoms with E-state index in [1.807, 2.05) is 6.92 Å². The summed E-state index contributed by atoms with van der Waals surface area (Å²) in [4.78, 5) is 11.2. The summed E-state index contributed by atoms with van der Waals surface area (Å²) in [5.74, 6) is -0.512. The summed E-state index contributed by atoms with van der Waals surface area (Å²) in [6, 6.07) is 3.36. The first kappa shape index (κ1) is 9.42. The standard InChI is InChI=1S/C8H8ClNOS/c1-4-2-3-5(8(10)11)7(12)6(4)9/h2-3,12H,1H3,(H2,10,11). The van der Waals surface area contributed by atoms with Crippen LogP contribution in [0.25, 0.3) is 0 Å². The Morgan fingerprint density at radius 2 is 2.17 bits per heavy atom. The van der Waals surface area contributed by atoms with Crippen LogP contribution in [-0.4, -0.2) is 5.91 Å². The second kappa shape index (κ2) is 3.37. The number of halogens is 1. The molecule has 0 radical (unpaired) electrons. The Balaban J connectivity index is 3.36. The first-order valence-electron chi connectivity index (χ1n) is 3.32. The molecule has 2 nitrogen and oxygen atoms in total. The van der Waals surface area contributed by atoms with E-state index in [-0.39, 0.29) is 0 Å². The molecule has 0 atom stereocenters. The van der Waals surface area contributed by atoms with Gasteiger partial charge in [0.15, 0.2) is 0 Å². The molecule has 0 aliphatic carbocycles. The van der Waals surface area contributed by atoms with Gasteiger partial charge >= 0.3 is 0 Å². The molecule has 0 spiro atoms. The molecule has 4 heteroatoms. The van der Waals surface area contributed by atoms with Crippen LogP contribution < -0.4 is 5.73 Å². The van der Waals surface area contributed by atoms with Crippen LogP contribution in [0.1, 0.15) is 15.9 Å². The molecule has 12 heavy (non-hydrogen) atoms. The van der Waals surface area contributed by atoms with E-state index in [4.69, 9.17) is 17.3 Å². The fraction of sp³-hybridized carbons (Fsp3) is 0.125. The summed E-state index contributed by atoms with van der Waals surface area (Å²) in [5, 5.41) is 0.481. The van der Waals surface area contributed by atoms with Crippen molar-refractivity contribution in [2.45, 2.75) is 11.8 Å². The highest BCUT2D eigenvalue weighted by Crippen LogP contribution is 2.26. The summed E-state index contributed by atoms with van der Waals surface area (Å²) in [6.45, 7) is 1.84. The molecule has 0 aliphatic heterocycles. The van der Waals surface area contributed by atoms with Gasteiger partial charge in [-0.15, -0.1) is 12.6 Å². The van der Waals surface area contributed by atoms with Crippen molar-refractivity contribution in [3.05, 3.63) is 28.3 Å². The number of carbonyl (C=O) groups excluding carboxylic acids is 1. The van der Waals surface area contributed by atoms with Crippen molar-refractivity contribution in [1.29, 1.82) is 0 Å². The minimum absolute atomic E-state index is 0.355. The molecule has 1 aromatic rings. The van der Waals surface area contributed by atoms with E-state index in [1.165, 1.54) is 0 Å². The van der Waals surface area contributed by atoms with E-state index in [0.717, 1.165) is 5.56 Å². The molecule has 0 bridgehead atoms. The van der Waals surface area contributed by atoms with Crippen LogP contribution in [0.4, 0.5) is 0 Å². The highest BCUT2D eigenvalue weighted by atomic mass is 35.5. The highest BCUT2D eigenvalue weighted by Gasteiger charge is 2.09. The van der Waals surface area contributed by atoms with Crippen LogP contribution in [0.3, 0.4) is 0 Å².